The average Bonchev–Trinajstić information content (AvgIpc) is 2.34. The van der Waals surface area contributed by atoms with Crippen LogP contribution in [0.1, 0.15) is 5.69 Å². The van der Waals surface area contributed by atoms with Crippen LogP contribution < -0.4 is 0 Å². The van der Waals surface area contributed by atoms with E-state index in [1.165, 1.54) is 0 Å². The quantitative estimate of drug-likeness (QED) is 0.607. The van der Waals surface area contributed by atoms with Gasteiger partial charge < -0.3 is 0 Å². The summed E-state index contributed by atoms with van der Waals surface area (Å²) in [5, 5.41) is 0. The third-order valence-corrected chi connectivity index (χ3v) is 1.45. The van der Waals surface area contributed by atoms with Crippen molar-refractivity contribution in [2.24, 2.45) is 0 Å². The molecule has 0 aromatic carbocycles. The van der Waals surface area contributed by atoms with E-state index in [0.29, 0.717) is 3.97 Å². The van der Waals surface area contributed by atoms with Crippen LogP contribution in [-0.4, -0.2) is 13.2 Å². The first-order valence-electron chi connectivity index (χ1n) is 2.41. The molecule has 10 heavy (non-hydrogen) atoms. The molecule has 0 N–H and O–H groups in total. The molecule has 0 aliphatic heterocycles. The maximum Gasteiger partial charge on any atom is 0.309 e. The van der Waals surface area contributed by atoms with Crippen molar-refractivity contribution in [1.29, 1.82) is 0 Å². The summed E-state index contributed by atoms with van der Waals surface area (Å²) in [4.78, 5) is 3.41. The molecule has 0 fully saturated rings. The minimum atomic E-state index is -2.62. The van der Waals surface area contributed by atoms with Crippen LogP contribution >= 0.6 is 0 Å². The average molecular weight is 166 g/mol. The fourth-order valence-corrected chi connectivity index (χ4v) is 0.818. The van der Waals surface area contributed by atoms with E-state index >= 15 is 0 Å². The van der Waals surface area contributed by atoms with Gasteiger partial charge in [0.05, 0.1) is 5.69 Å². The Bertz CT molecular complexity index is 249. The molecular weight excluding hydrogens is 162 g/mol. The predicted molar refractivity (Wildman–Crippen MR) is 31.7 cm³/mol. The first kappa shape index (κ1) is 7.33. The molecule has 1 rings (SSSR count). The van der Waals surface area contributed by atoms with Gasteiger partial charge in [0.15, 0.2) is 0 Å². The Morgan fingerprint density at radius 2 is 2.50 bits per heavy atom. The van der Waals surface area contributed by atoms with Gasteiger partial charge in [-0.3, -0.25) is 0 Å². The maximum atomic E-state index is 11.9. The highest BCUT2D eigenvalue weighted by atomic mass is 32.2. The SMILES string of the molecule is O=S(F)n1cnc(CF)c1. The summed E-state index contributed by atoms with van der Waals surface area (Å²) in [6.45, 7) is -0.774. The van der Waals surface area contributed by atoms with Crippen molar-refractivity contribution >= 4 is 11.4 Å². The monoisotopic (exact) mass is 166 g/mol. The lowest BCUT2D eigenvalue weighted by atomic mass is 10.5. The van der Waals surface area contributed by atoms with Crippen LogP contribution in [0, 0.1) is 0 Å². The molecule has 1 atom stereocenters. The van der Waals surface area contributed by atoms with Crippen molar-refractivity contribution in [2.45, 2.75) is 6.67 Å². The molecular formula is C4H4F2N2OS. The molecule has 1 heterocycles. The molecule has 6 heteroatoms. The van der Waals surface area contributed by atoms with Gasteiger partial charge in [0.2, 0.25) is 0 Å². The summed E-state index contributed by atoms with van der Waals surface area (Å²) < 4.78 is 34.3. The second-order valence-electron chi connectivity index (χ2n) is 1.57. The molecule has 0 aliphatic carbocycles. The zero-order valence-electron chi connectivity index (χ0n) is 4.83. The van der Waals surface area contributed by atoms with Crippen molar-refractivity contribution in [3.63, 3.8) is 0 Å². The Morgan fingerprint density at radius 1 is 1.80 bits per heavy atom. The third-order valence-electron chi connectivity index (χ3n) is 0.916. The Morgan fingerprint density at radius 3 is 2.80 bits per heavy atom. The van der Waals surface area contributed by atoms with Crippen LogP contribution in [0.3, 0.4) is 0 Å². The van der Waals surface area contributed by atoms with E-state index in [0.717, 1.165) is 12.5 Å². The van der Waals surface area contributed by atoms with Crippen LogP contribution in [0.2, 0.25) is 0 Å². The van der Waals surface area contributed by atoms with Crippen LogP contribution in [0.15, 0.2) is 12.5 Å². The Labute approximate surface area is 58.6 Å². The predicted octanol–water partition coefficient (Wildman–Crippen LogP) is 0.749. The molecule has 0 saturated carbocycles. The number of halogens is 2. The largest absolute Gasteiger partial charge is 0.309 e. The van der Waals surface area contributed by atoms with E-state index in [4.69, 9.17) is 0 Å². The van der Waals surface area contributed by atoms with E-state index in [-0.39, 0.29) is 5.69 Å². The third kappa shape index (κ3) is 1.38. The second kappa shape index (κ2) is 2.87. The fourth-order valence-electron chi connectivity index (χ4n) is 0.492. The zero-order valence-corrected chi connectivity index (χ0v) is 5.65. The summed E-state index contributed by atoms with van der Waals surface area (Å²) in [6.07, 6.45) is 2.03. The fraction of sp³-hybridized carbons (Fsp3) is 0.250. The summed E-state index contributed by atoms with van der Waals surface area (Å²) >= 11 is -2.62. The Balaban J connectivity index is 2.88. The van der Waals surface area contributed by atoms with Gasteiger partial charge in [0.25, 0.3) is 0 Å². The molecule has 0 spiro atoms. The van der Waals surface area contributed by atoms with Crippen molar-refractivity contribution in [3.8, 4) is 0 Å². The topological polar surface area (TPSA) is 34.9 Å². The Kier molecular flexibility index (Phi) is 2.10. The zero-order chi connectivity index (χ0) is 7.56. The minimum absolute atomic E-state index is 0.0750. The smallest absolute Gasteiger partial charge is 0.244 e. The van der Waals surface area contributed by atoms with Crippen LogP contribution in [0.25, 0.3) is 0 Å². The lowest BCUT2D eigenvalue weighted by molar-refractivity contribution is 0.477. The first-order valence-corrected chi connectivity index (χ1v) is 3.42. The number of hydrogen-bond acceptors (Lipinski definition) is 2. The molecule has 0 aliphatic rings. The lowest BCUT2D eigenvalue weighted by Gasteiger charge is -1.85. The first-order chi connectivity index (χ1) is 4.74. The van der Waals surface area contributed by atoms with Crippen LogP contribution in [-0.2, 0) is 18.0 Å². The minimum Gasteiger partial charge on any atom is -0.244 e. The molecule has 0 amide bonds. The molecule has 56 valence electrons. The van der Waals surface area contributed by atoms with Gasteiger partial charge in [0, 0.05) is 6.20 Å². The highest BCUT2D eigenvalue weighted by molar-refractivity contribution is 7.78. The van der Waals surface area contributed by atoms with Gasteiger partial charge in [-0.05, 0) is 0 Å². The number of rotatable bonds is 2. The van der Waals surface area contributed by atoms with Crippen LogP contribution in [0.5, 0.6) is 0 Å². The lowest BCUT2D eigenvalue weighted by Crippen LogP contribution is -1.92. The van der Waals surface area contributed by atoms with Crippen LogP contribution in [0.4, 0.5) is 8.28 Å². The number of nitrogens with zero attached hydrogens (tertiary/aromatic N) is 2. The van der Waals surface area contributed by atoms with Gasteiger partial charge in [-0.1, -0.05) is 0 Å². The summed E-state index contributed by atoms with van der Waals surface area (Å²) in [5.41, 5.74) is 0.0750. The maximum absolute atomic E-state index is 11.9. The van der Waals surface area contributed by atoms with Gasteiger partial charge in [0.1, 0.15) is 13.0 Å². The molecule has 0 radical (unpaired) electrons. The van der Waals surface area contributed by atoms with Crippen molar-refractivity contribution in [1.82, 2.24) is 8.96 Å². The van der Waals surface area contributed by atoms with E-state index in [9.17, 15) is 12.5 Å². The van der Waals surface area contributed by atoms with Crippen molar-refractivity contribution in [2.75, 3.05) is 0 Å². The standard InChI is InChI=1S/C4H4F2N2OS/c5-1-4-2-8(3-7-4)10(6)9/h2-3H,1H2. The van der Waals surface area contributed by atoms with Crippen molar-refractivity contribution in [3.05, 3.63) is 18.2 Å². The molecule has 1 aromatic heterocycles. The van der Waals surface area contributed by atoms with Gasteiger partial charge in [-0.25, -0.2) is 13.3 Å². The molecule has 1 unspecified atom stereocenters. The molecule has 1 aromatic rings. The summed E-state index contributed by atoms with van der Waals surface area (Å²) in [7, 11) is 0. The van der Waals surface area contributed by atoms with Gasteiger partial charge in [-0.15, -0.1) is 3.89 Å². The van der Waals surface area contributed by atoms with E-state index < -0.39 is 18.0 Å². The van der Waals surface area contributed by atoms with Gasteiger partial charge >= 0.3 is 11.4 Å². The number of alkyl halides is 1. The van der Waals surface area contributed by atoms with E-state index in [2.05, 4.69) is 4.98 Å². The van der Waals surface area contributed by atoms with Crippen molar-refractivity contribution < 1.29 is 12.5 Å². The molecule has 0 bridgehead atoms. The van der Waals surface area contributed by atoms with E-state index in [1.54, 1.807) is 0 Å². The highest BCUT2D eigenvalue weighted by Crippen LogP contribution is 1.99. The number of hydrogen-bond donors (Lipinski definition) is 0. The normalized spacial score (nSPS) is 13.4. The molecule has 3 nitrogen and oxygen atoms in total. The summed E-state index contributed by atoms with van der Waals surface area (Å²) in [6, 6.07) is 0. The number of imidazole rings is 1. The Hall–Kier alpha value is -0.780. The summed E-state index contributed by atoms with van der Waals surface area (Å²) in [5.74, 6) is 0. The van der Waals surface area contributed by atoms with Gasteiger partial charge in [-0.2, -0.15) is 4.21 Å². The highest BCUT2D eigenvalue weighted by Gasteiger charge is 2.01. The second-order valence-corrected chi connectivity index (χ2v) is 2.40. The molecule has 0 saturated heterocycles. The van der Waals surface area contributed by atoms with E-state index in [1.807, 2.05) is 0 Å². The number of aromatic nitrogens is 2.